The maximum Gasteiger partial charge on any atom is 0.307 e. The largest absolute Gasteiger partial charge is 0.466 e. The van der Waals surface area contributed by atoms with Gasteiger partial charge in [0.15, 0.2) is 6.49 Å². The lowest BCUT2D eigenvalue weighted by molar-refractivity contribution is -0.142. The molecule has 0 aromatic heterocycles. The van der Waals surface area contributed by atoms with E-state index in [0.29, 0.717) is 18.4 Å². The van der Waals surface area contributed by atoms with E-state index in [4.69, 9.17) is 4.74 Å². The first kappa shape index (κ1) is 16.0. The lowest BCUT2D eigenvalue weighted by Crippen LogP contribution is -2.16. The van der Waals surface area contributed by atoms with Crippen LogP contribution in [-0.4, -0.2) is 31.0 Å². The fourth-order valence-electron chi connectivity index (χ4n) is 1.05. The number of hydrogen-bond donors (Lipinski definition) is 1. The van der Waals surface area contributed by atoms with Crippen LogP contribution in [0.3, 0.4) is 0 Å². The van der Waals surface area contributed by atoms with E-state index in [-0.39, 0.29) is 12.4 Å². The van der Waals surface area contributed by atoms with Crippen LogP contribution in [0, 0.1) is 0 Å². The highest BCUT2D eigenvalue weighted by atomic mass is 32.7. The second kappa shape index (κ2) is 8.15. The Hall–Kier alpha value is 0.01000. The Morgan fingerprint density at radius 2 is 2.12 bits per heavy atom. The molecule has 0 heterocycles. The Morgan fingerprint density at radius 1 is 1.50 bits per heavy atom. The molecule has 0 aromatic carbocycles. The molecule has 6 heteroatoms. The van der Waals surface area contributed by atoms with E-state index in [1.54, 1.807) is 13.6 Å². The number of nitrogens with one attached hydrogen (secondary N) is 1. The van der Waals surface area contributed by atoms with Gasteiger partial charge in [-0.05, 0) is 13.3 Å². The first-order chi connectivity index (χ1) is 7.41. The van der Waals surface area contributed by atoms with Crippen LogP contribution in [-0.2, 0) is 14.1 Å². The maximum absolute atomic E-state index is 12.0. The predicted octanol–water partition coefficient (Wildman–Crippen LogP) is 2.88. The van der Waals surface area contributed by atoms with Crippen molar-refractivity contribution in [3.63, 3.8) is 0 Å². The Labute approximate surface area is 102 Å². The third-order valence-corrected chi connectivity index (χ3v) is 6.56. The van der Waals surface area contributed by atoms with Crippen molar-refractivity contribution in [2.24, 2.45) is 0 Å². The van der Waals surface area contributed by atoms with Crippen molar-refractivity contribution < 1.29 is 14.1 Å². The quantitative estimate of drug-likeness (QED) is 0.541. The topological polar surface area (TPSA) is 55.4 Å². The van der Waals surface area contributed by atoms with Crippen molar-refractivity contribution in [3.8, 4) is 0 Å². The lowest BCUT2D eigenvalue weighted by atomic mass is 10.4. The zero-order chi connectivity index (χ0) is 12.6. The van der Waals surface area contributed by atoms with E-state index in [0.717, 1.165) is 6.42 Å². The fourth-order valence-corrected chi connectivity index (χ4v) is 5.48. The van der Waals surface area contributed by atoms with Crippen LogP contribution in [0.25, 0.3) is 0 Å². The number of hydrogen-bond acceptors (Lipinski definition) is 4. The van der Waals surface area contributed by atoms with Gasteiger partial charge in [-0.1, -0.05) is 25.2 Å². The van der Waals surface area contributed by atoms with Crippen molar-refractivity contribution in [1.82, 2.24) is 5.09 Å². The van der Waals surface area contributed by atoms with Gasteiger partial charge in [0.05, 0.1) is 13.0 Å². The van der Waals surface area contributed by atoms with E-state index >= 15 is 0 Å². The molecule has 2 atom stereocenters. The Balaban J connectivity index is 3.82. The first-order valence-electron chi connectivity index (χ1n) is 5.58. The van der Waals surface area contributed by atoms with E-state index in [9.17, 15) is 9.36 Å². The van der Waals surface area contributed by atoms with Crippen molar-refractivity contribution in [2.75, 3.05) is 19.8 Å². The SMILES string of the molecule is CCOC(=O)CCNP(C)(=O)SC(C)CC. The number of carbonyl (C=O) groups is 1. The smallest absolute Gasteiger partial charge is 0.307 e. The van der Waals surface area contributed by atoms with Gasteiger partial charge in [-0.2, -0.15) is 0 Å². The van der Waals surface area contributed by atoms with Gasteiger partial charge in [-0.25, -0.2) is 0 Å². The van der Waals surface area contributed by atoms with E-state index in [1.165, 1.54) is 11.4 Å². The van der Waals surface area contributed by atoms with Crippen molar-refractivity contribution >= 4 is 23.8 Å². The summed E-state index contributed by atoms with van der Waals surface area (Å²) < 4.78 is 16.8. The van der Waals surface area contributed by atoms with Gasteiger partial charge in [-0.15, -0.1) is 0 Å². The van der Waals surface area contributed by atoms with Gasteiger partial charge in [0.1, 0.15) is 0 Å². The molecule has 2 unspecified atom stereocenters. The van der Waals surface area contributed by atoms with Crippen LogP contribution in [0.5, 0.6) is 0 Å². The van der Waals surface area contributed by atoms with Crippen LogP contribution < -0.4 is 5.09 Å². The Kier molecular flexibility index (Phi) is 8.16. The second-order valence-electron chi connectivity index (χ2n) is 3.63. The van der Waals surface area contributed by atoms with Crippen LogP contribution in [0.2, 0.25) is 0 Å². The molecule has 0 radical (unpaired) electrons. The van der Waals surface area contributed by atoms with Gasteiger partial charge in [0.25, 0.3) is 0 Å². The third-order valence-electron chi connectivity index (χ3n) is 1.99. The first-order valence-corrected chi connectivity index (χ1v) is 9.21. The Morgan fingerprint density at radius 3 is 2.62 bits per heavy atom. The van der Waals surface area contributed by atoms with Gasteiger partial charge in [0, 0.05) is 18.5 Å². The van der Waals surface area contributed by atoms with Crippen molar-refractivity contribution in [3.05, 3.63) is 0 Å². The highest BCUT2D eigenvalue weighted by Crippen LogP contribution is 2.53. The summed E-state index contributed by atoms with van der Waals surface area (Å²) >= 11 is 1.46. The van der Waals surface area contributed by atoms with E-state index < -0.39 is 6.49 Å². The predicted molar refractivity (Wildman–Crippen MR) is 70.1 cm³/mol. The summed E-state index contributed by atoms with van der Waals surface area (Å²) in [5.41, 5.74) is 0. The molecule has 0 aromatic rings. The maximum atomic E-state index is 12.0. The molecule has 1 N–H and O–H groups in total. The molecular formula is C10H22NO3PS. The molecule has 0 aliphatic carbocycles. The van der Waals surface area contributed by atoms with Crippen LogP contribution >= 0.6 is 17.9 Å². The minimum absolute atomic E-state index is 0.247. The van der Waals surface area contributed by atoms with Gasteiger partial charge < -0.3 is 4.74 Å². The highest BCUT2D eigenvalue weighted by Gasteiger charge is 2.18. The fraction of sp³-hybridized carbons (Fsp3) is 0.900. The van der Waals surface area contributed by atoms with E-state index in [1.807, 2.05) is 6.92 Å². The summed E-state index contributed by atoms with van der Waals surface area (Å²) in [7, 11) is 0. The summed E-state index contributed by atoms with van der Waals surface area (Å²) in [6.45, 7) is 6.02. The molecule has 0 rings (SSSR count). The van der Waals surface area contributed by atoms with E-state index in [2.05, 4.69) is 12.0 Å². The van der Waals surface area contributed by atoms with Crippen molar-refractivity contribution in [1.29, 1.82) is 0 Å². The monoisotopic (exact) mass is 267 g/mol. The molecular weight excluding hydrogens is 245 g/mol. The average Bonchev–Trinajstić information content (AvgIpc) is 2.16. The van der Waals surface area contributed by atoms with Gasteiger partial charge >= 0.3 is 5.97 Å². The molecule has 0 bridgehead atoms. The molecule has 0 saturated heterocycles. The highest BCUT2D eigenvalue weighted by molar-refractivity contribution is 8.57. The lowest BCUT2D eigenvalue weighted by Gasteiger charge is -2.17. The minimum Gasteiger partial charge on any atom is -0.466 e. The number of esters is 1. The third kappa shape index (κ3) is 8.20. The minimum atomic E-state index is -2.38. The molecule has 0 amide bonds. The summed E-state index contributed by atoms with van der Waals surface area (Å²) in [6, 6.07) is 0. The summed E-state index contributed by atoms with van der Waals surface area (Å²) in [4.78, 5) is 11.0. The van der Waals surface area contributed by atoms with Crippen LogP contribution in [0.4, 0.5) is 0 Å². The molecule has 0 aliphatic heterocycles. The zero-order valence-corrected chi connectivity index (χ0v) is 12.2. The number of rotatable bonds is 8. The Bertz CT molecular complexity index is 260. The molecule has 96 valence electrons. The number of carbonyl (C=O) groups excluding carboxylic acids is 1. The standard InChI is InChI=1S/C10H22NO3PS/c1-5-9(3)16-15(4,13)11-8-7-10(12)14-6-2/h9H,5-8H2,1-4H3,(H,11,13). The molecule has 0 aliphatic rings. The molecule has 0 fully saturated rings. The summed E-state index contributed by atoms with van der Waals surface area (Å²) in [5, 5.41) is 3.30. The molecule has 4 nitrogen and oxygen atoms in total. The van der Waals surface area contributed by atoms with Crippen LogP contribution in [0.15, 0.2) is 0 Å². The molecule has 0 saturated carbocycles. The van der Waals surface area contributed by atoms with Gasteiger partial charge in [0.2, 0.25) is 0 Å². The number of ether oxygens (including phenoxy) is 1. The molecule has 16 heavy (non-hydrogen) atoms. The zero-order valence-electron chi connectivity index (χ0n) is 10.5. The summed E-state index contributed by atoms with van der Waals surface area (Å²) in [6.07, 6.45) is 1.26. The second-order valence-corrected chi connectivity index (χ2v) is 9.38. The normalized spacial score (nSPS) is 16.5. The average molecular weight is 267 g/mol. The van der Waals surface area contributed by atoms with Crippen LogP contribution in [0.1, 0.15) is 33.6 Å². The summed E-state index contributed by atoms with van der Waals surface area (Å²) in [5.74, 6) is -0.247. The van der Waals surface area contributed by atoms with Gasteiger partial charge in [-0.3, -0.25) is 14.4 Å². The molecule has 0 spiro atoms. The van der Waals surface area contributed by atoms with Crippen molar-refractivity contribution in [2.45, 2.75) is 38.9 Å².